The van der Waals surface area contributed by atoms with Gasteiger partial charge in [0.05, 0.1) is 22.9 Å². The minimum atomic E-state index is -0.505. The van der Waals surface area contributed by atoms with E-state index in [2.05, 4.69) is 9.97 Å². The van der Waals surface area contributed by atoms with Crippen molar-refractivity contribution in [2.75, 3.05) is 11.4 Å². The van der Waals surface area contributed by atoms with Crippen molar-refractivity contribution < 1.29 is 14.3 Å². The SMILES string of the molecule is O=C(/C=C/c1cnc2ccccc2n1)Oc1ccc(N2CCCC2=O)cc1. The van der Waals surface area contributed by atoms with E-state index in [1.807, 2.05) is 24.3 Å². The molecule has 1 amide bonds. The van der Waals surface area contributed by atoms with Gasteiger partial charge in [-0.1, -0.05) is 12.1 Å². The first kappa shape index (κ1) is 16.9. The summed E-state index contributed by atoms with van der Waals surface area (Å²) >= 11 is 0. The monoisotopic (exact) mass is 359 g/mol. The number of ether oxygens (including phenoxy) is 1. The lowest BCUT2D eigenvalue weighted by atomic mass is 10.3. The maximum Gasteiger partial charge on any atom is 0.336 e. The van der Waals surface area contributed by atoms with Crippen molar-refractivity contribution in [2.45, 2.75) is 12.8 Å². The Morgan fingerprint density at radius 2 is 1.85 bits per heavy atom. The van der Waals surface area contributed by atoms with Crippen molar-refractivity contribution in [3.8, 4) is 5.75 Å². The Hall–Kier alpha value is -3.54. The number of fused-ring (bicyclic) bond motifs is 1. The standard InChI is InChI=1S/C21H17N3O3/c25-20-6-3-13-24(20)16-8-10-17(11-9-16)27-21(26)12-7-15-14-22-18-4-1-2-5-19(18)23-15/h1-2,4-5,7-12,14H,3,6,13H2/b12-7+. The third kappa shape index (κ3) is 3.84. The number of nitrogens with zero attached hydrogens (tertiary/aromatic N) is 3. The zero-order valence-corrected chi connectivity index (χ0v) is 14.5. The van der Waals surface area contributed by atoms with Gasteiger partial charge in [0.2, 0.25) is 5.91 Å². The van der Waals surface area contributed by atoms with Crippen LogP contribution in [0.15, 0.2) is 60.8 Å². The molecule has 134 valence electrons. The minimum absolute atomic E-state index is 0.124. The predicted octanol–water partition coefficient (Wildman–Crippen LogP) is 3.38. The van der Waals surface area contributed by atoms with Crippen LogP contribution in [0, 0.1) is 0 Å². The molecule has 1 fully saturated rings. The van der Waals surface area contributed by atoms with Crippen molar-refractivity contribution in [3.05, 3.63) is 66.5 Å². The fraction of sp³-hybridized carbons (Fsp3) is 0.143. The van der Waals surface area contributed by atoms with E-state index in [9.17, 15) is 9.59 Å². The number of hydrogen-bond donors (Lipinski definition) is 0. The number of hydrogen-bond acceptors (Lipinski definition) is 5. The molecule has 0 bridgehead atoms. The van der Waals surface area contributed by atoms with Crippen molar-refractivity contribution in [3.63, 3.8) is 0 Å². The molecule has 0 unspecified atom stereocenters. The topological polar surface area (TPSA) is 72.4 Å². The molecule has 1 aromatic heterocycles. The van der Waals surface area contributed by atoms with Gasteiger partial charge in [-0.15, -0.1) is 0 Å². The number of amides is 1. The molecular formula is C21H17N3O3. The third-order valence-corrected chi connectivity index (χ3v) is 4.30. The molecule has 1 aliphatic heterocycles. The van der Waals surface area contributed by atoms with E-state index in [4.69, 9.17) is 4.74 Å². The van der Waals surface area contributed by atoms with Crippen LogP contribution in [0.25, 0.3) is 17.1 Å². The van der Waals surface area contributed by atoms with Crippen molar-refractivity contribution in [1.82, 2.24) is 9.97 Å². The van der Waals surface area contributed by atoms with Crippen LogP contribution in [0.2, 0.25) is 0 Å². The highest BCUT2D eigenvalue weighted by atomic mass is 16.5. The Morgan fingerprint density at radius 1 is 1.07 bits per heavy atom. The molecule has 0 saturated carbocycles. The normalized spacial score (nSPS) is 14.2. The van der Waals surface area contributed by atoms with E-state index in [0.717, 1.165) is 29.7 Å². The second-order valence-electron chi connectivity index (χ2n) is 6.18. The van der Waals surface area contributed by atoms with Crippen LogP contribution in [-0.2, 0) is 9.59 Å². The summed E-state index contributed by atoms with van der Waals surface area (Å²) in [5.41, 5.74) is 2.96. The average Bonchev–Trinajstić information content (AvgIpc) is 3.13. The summed E-state index contributed by atoms with van der Waals surface area (Å²) < 4.78 is 5.29. The van der Waals surface area contributed by atoms with E-state index in [-0.39, 0.29) is 5.91 Å². The molecule has 4 rings (SSSR count). The zero-order valence-electron chi connectivity index (χ0n) is 14.5. The number of carbonyl (C=O) groups excluding carboxylic acids is 2. The van der Waals surface area contributed by atoms with Crippen molar-refractivity contribution in [2.24, 2.45) is 0 Å². The van der Waals surface area contributed by atoms with E-state index < -0.39 is 5.97 Å². The predicted molar refractivity (Wildman–Crippen MR) is 102 cm³/mol. The zero-order chi connectivity index (χ0) is 18.6. The van der Waals surface area contributed by atoms with Gasteiger partial charge in [-0.25, -0.2) is 9.78 Å². The van der Waals surface area contributed by atoms with Gasteiger partial charge in [-0.05, 0) is 48.9 Å². The maximum absolute atomic E-state index is 12.0. The molecule has 6 heteroatoms. The average molecular weight is 359 g/mol. The Labute approximate surface area is 156 Å². The molecule has 6 nitrogen and oxygen atoms in total. The highest BCUT2D eigenvalue weighted by Crippen LogP contribution is 2.24. The molecule has 0 spiro atoms. The van der Waals surface area contributed by atoms with Gasteiger partial charge in [-0.3, -0.25) is 9.78 Å². The number of anilines is 1. The molecular weight excluding hydrogens is 342 g/mol. The van der Waals surface area contributed by atoms with Gasteiger partial charge in [0.25, 0.3) is 0 Å². The first-order chi connectivity index (χ1) is 13.2. The largest absolute Gasteiger partial charge is 0.423 e. The molecule has 2 aromatic carbocycles. The lowest BCUT2D eigenvalue weighted by molar-refractivity contribution is -0.129. The lowest BCUT2D eigenvalue weighted by Gasteiger charge is -2.15. The van der Waals surface area contributed by atoms with Gasteiger partial charge in [0.1, 0.15) is 5.75 Å². The molecule has 0 N–H and O–H groups in total. The summed E-state index contributed by atoms with van der Waals surface area (Å²) in [6.45, 7) is 0.730. The fourth-order valence-corrected chi connectivity index (χ4v) is 2.97. The van der Waals surface area contributed by atoms with Gasteiger partial charge in [0, 0.05) is 24.7 Å². The summed E-state index contributed by atoms with van der Waals surface area (Å²) in [6, 6.07) is 14.5. The minimum Gasteiger partial charge on any atom is -0.423 e. The maximum atomic E-state index is 12.0. The number of esters is 1. The van der Waals surface area contributed by atoms with Crippen LogP contribution in [0.1, 0.15) is 18.5 Å². The number of aromatic nitrogens is 2. The molecule has 0 aliphatic carbocycles. The Kier molecular flexibility index (Phi) is 4.61. The molecule has 0 atom stereocenters. The van der Waals surface area contributed by atoms with Gasteiger partial charge in [0.15, 0.2) is 0 Å². The van der Waals surface area contributed by atoms with Crippen molar-refractivity contribution in [1.29, 1.82) is 0 Å². The Morgan fingerprint density at radius 3 is 2.59 bits per heavy atom. The molecule has 27 heavy (non-hydrogen) atoms. The molecule has 2 heterocycles. The third-order valence-electron chi connectivity index (χ3n) is 4.30. The summed E-state index contributed by atoms with van der Waals surface area (Å²) in [4.78, 5) is 34.2. The second-order valence-corrected chi connectivity index (χ2v) is 6.18. The van der Waals surface area contributed by atoms with Crippen molar-refractivity contribution >= 4 is 34.7 Å². The van der Waals surface area contributed by atoms with Crippen LogP contribution >= 0.6 is 0 Å². The van der Waals surface area contributed by atoms with Crippen LogP contribution in [-0.4, -0.2) is 28.4 Å². The Bertz CT molecular complexity index is 1030. The van der Waals surface area contributed by atoms with E-state index in [0.29, 0.717) is 17.9 Å². The summed E-state index contributed by atoms with van der Waals surface area (Å²) in [7, 11) is 0. The smallest absolute Gasteiger partial charge is 0.336 e. The van der Waals surface area contributed by atoms with Gasteiger partial charge < -0.3 is 9.64 Å². The summed E-state index contributed by atoms with van der Waals surface area (Å²) in [5.74, 6) is 0.0405. The first-order valence-corrected chi connectivity index (χ1v) is 8.71. The van der Waals surface area contributed by atoms with Gasteiger partial charge >= 0.3 is 5.97 Å². The lowest BCUT2D eigenvalue weighted by Crippen LogP contribution is -2.23. The number of rotatable bonds is 4. The number of para-hydroxylation sites is 2. The van der Waals surface area contributed by atoms with Crippen LogP contribution in [0.3, 0.4) is 0 Å². The molecule has 1 saturated heterocycles. The molecule has 0 radical (unpaired) electrons. The number of carbonyl (C=O) groups is 2. The van der Waals surface area contributed by atoms with Crippen LogP contribution in [0.5, 0.6) is 5.75 Å². The molecule has 3 aromatic rings. The van der Waals surface area contributed by atoms with E-state index in [1.165, 1.54) is 6.08 Å². The number of benzene rings is 2. The molecule has 1 aliphatic rings. The second kappa shape index (κ2) is 7.37. The van der Waals surface area contributed by atoms with E-state index >= 15 is 0 Å². The van der Waals surface area contributed by atoms with E-state index in [1.54, 1.807) is 41.4 Å². The van der Waals surface area contributed by atoms with Crippen LogP contribution < -0.4 is 9.64 Å². The first-order valence-electron chi connectivity index (χ1n) is 8.71. The fourth-order valence-electron chi connectivity index (χ4n) is 2.97. The quantitative estimate of drug-likeness (QED) is 0.406. The summed E-state index contributed by atoms with van der Waals surface area (Å²) in [6.07, 6.45) is 5.95. The summed E-state index contributed by atoms with van der Waals surface area (Å²) in [5, 5.41) is 0. The highest BCUT2D eigenvalue weighted by molar-refractivity contribution is 5.95. The highest BCUT2D eigenvalue weighted by Gasteiger charge is 2.21. The van der Waals surface area contributed by atoms with Gasteiger partial charge in [-0.2, -0.15) is 0 Å². The van der Waals surface area contributed by atoms with Crippen LogP contribution in [0.4, 0.5) is 5.69 Å². The Balaban J connectivity index is 1.41.